The van der Waals surface area contributed by atoms with E-state index in [0.29, 0.717) is 12.8 Å². The lowest BCUT2D eigenvalue weighted by molar-refractivity contribution is -0.137. The summed E-state index contributed by atoms with van der Waals surface area (Å²) in [5, 5.41) is 18.1. The van der Waals surface area contributed by atoms with Gasteiger partial charge in [-0.15, -0.1) is 0 Å². The van der Waals surface area contributed by atoms with Crippen LogP contribution < -0.4 is 0 Å². The molecule has 0 fully saturated rings. The predicted octanol–water partition coefficient (Wildman–Crippen LogP) is 3.85. The molecule has 0 amide bonds. The average molecular weight is 266 g/mol. The first-order valence-electron chi connectivity index (χ1n) is 7.05. The molecule has 0 aliphatic carbocycles. The third-order valence-corrected chi connectivity index (χ3v) is 2.59. The number of aliphatic hydroxyl groups is 1. The molecule has 0 aromatic carbocycles. The second-order valence-corrected chi connectivity index (χ2v) is 4.52. The molecule has 0 rings (SSSR count). The van der Waals surface area contributed by atoms with Crippen LogP contribution in [0.4, 0.5) is 0 Å². The molecule has 2 N–H and O–H groups in total. The topological polar surface area (TPSA) is 57.5 Å². The van der Waals surface area contributed by atoms with Crippen molar-refractivity contribution in [1.29, 1.82) is 0 Å². The Labute approximate surface area is 116 Å². The van der Waals surface area contributed by atoms with Crippen LogP contribution in [0.3, 0.4) is 0 Å². The lowest BCUT2D eigenvalue weighted by Gasteiger charge is -1.99. The van der Waals surface area contributed by atoms with Crippen molar-refractivity contribution in [2.75, 3.05) is 0 Å². The van der Waals surface area contributed by atoms with Gasteiger partial charge < -0.3 is 10.2 Å². The van der Waals surface area contributed by atoms with Crippen LogP contribution in [-0.2, 0) is 4.79 Å². The number of rotatable bonds is 11. The minimum atomic E-state index is -0.735. The minimum Gasteiger partial charge on any atom is -0.481 e. The van der Waals surface area contributed by atoms with Gasteiger partial charge in [0, 0.05) is 6.42 Å². The molecule has 0 saturated carbocycles. The van der Waals surface area contributed by atoms with Gasteiger partial charge >= 0.3 is 5.97 Å². The average Bonchev–Trinajstić information content (AvgIpc) is 2.37. The molecule has 0 spiro atoms. The van der Waals surface area contributed by atoms with Crippen LogP contribution in [0.25, 0.3) is 0 Å². The number of carbonyl (C=O) groups is 1. The van der Waals surface area contributed by atoms with Crippen molar-refractivity contribution in [3.8, 4) is 0 Å². The van der Waals surface area contributed by atoms with Gasteiger partial charge in [0.15, 0.2) is 0 Å². The Hall–Kier alpha value is -1.35. The summed E-state index contributed by atoms with van der Waals surface area (Å²) in [6.45, 7) is 2.13. The largest absolute Gasteiger partial charge is 0.481 e. The van der Waals surface area contributed by atoms with Crippen LogP contribution in [0.15, 0.2) is 36.5 Å². The van der Waals surface area contributed by atoms with Crippen molar-refractivity contribution in [1.82, 2.24) is 0 Å². The Bertz CT molecular complexity index is 303. The van der Waals surface area contributed by atoms with Crippen LogP contribution >= 0.6 is 0 Å². The second kappa shape index (κ2) is 13.1. The van der Waals surface area contributed by atoms with Crippen LogP contribution in [0.1, 0.15) is 51.9 Å². The van der Waals surface area contributed by atoms with Gasteiger partial charge in [0.1, 0.15) is 0 Å². The summed E-state index contributed by atoms with van der Waals surface area (Å²) in [6, 6.07) is 0. The number of allylic oxidation sites excluding steroid dienone is 4. The van der Waals surface area contributed by atoms with E-state index in [0.717, 1.165) is 25.7 Å². The summed E-state index contributed by atoms with van der Waals surface area (Å²) < 4.78 is 0. The van der Waals surface area contributed by atoms with Crippen molar-refractivity contribution in [2.45, 2.75) is 58.0 Å². The van der Waals surface area contributed by atoms with Gasteiger partial charge in [-0.3, -0.25) is 4.79 Å². The van der Waals surface area contributed by atoms with Crippen molar-refractivity contribution in [3.63, 3.8) is 0 Å². The van der Waals surface area contributed by atoms with E-state index in [-0.39, 0.29) is 6.42 Å². The minimum absolute atomic E-state index is 0.239. The van der Waals surface area contributed by atoms with E-state index < -0.39 is 12.1 Å². The van der Waals surface area contributed by atoms with Crippen LogP contribution in [0, 0.1) is 0 Å². The van der Waals surface area contributed by atoms with Gasteiger partial charge in [0.2, 0.25) is 0 Å². The van der Waals surface area contributed by atoms with Gasteiger partial charge in [-0.2, -0.15) is 0 Å². The molecule has 1 atom stereocenters. The fraction of sp³-hybridized carbons (Fsp3) is 0.562. The zero-order valence-electron chi connectivity index (χ0n) is 11.8. The molecule has 0 aliphatic rings. The van der Waals surface area contributed by atoms with E-state index in [1.165, 1.54) is 0 Å². The number of carboxylic acids is 1. The molecule has 19 heavy (non-hydrogen) atoms. The molecule has 0 saturated heterocycles. The molecule has 0 heterocycles. The Kier molecular flexibility index (Phi) is 12.2. The molecule has 0 aromatic rings. The molecular weight excluding hydrogens is 240 g/mol. The SMILES string of the molecule is CCCC=CC=C[C@@H](O)CC=CCCCCC(=O)O. The summed E-state index contributed by atoms with van der Waals surface area (Å²) in [6.07, 6.45) is 16.7. The van der Waals surface area contributed by atoms with E-state index in [1.54, 1.807) is 6.08 Å². The first-order chi connectivity index (χ1) is 9.16. The maximum atomic E-state index is 10.3. The summed E-state index contributed by atoms with van der Waals surface area (Å²) >= 11 is 0. The maximum Gasteiger partial charge on any atom is 0.303 e. The smallest absolute Gasteiger partial charge is 0.303 e. The zero-order chi connectivity index (χ0) is 14.3. The lowest BCUT2D eigenvalue weighted by atomic mass is 10.1. The van der Waals surface area contributed by atoms with Crippen molar-refractivity contribution >= 4 is 5.97 Å². The van der Waals surface area contributed by atoms with Gasteiger partial charge in [-0.1, -0.05) is 49.8 Å². The van der Waals surface area contributed by atoms with Crippen LogP contribution in [0.2, 0.25) is 0 Å². The first-order valence-corrected chi connectivity index (χ1v) is 7.05. The Balaban J connectivity index is 3.55. The summed E-state index contributed by atoms with van der Waals surface area (Å²) in [7, 11) is 0. The standard InChI is InChI=1S/C16H26O3/c1-2-3-4-6-9-12-15(17)13-10-7-5-8-11-14-16(18)19/h4,6-7,9-10,12,15,17H,2-3,5,8,11,13-14H2,1H3,(H,18,19)/t15-/m1/s1. The molecule has 3 nitrogen and oxygen atoms in total. The molecule has 0 bridgehead atoms. The number of hydrogen-bond acceptors (Lipinski definition) is 2. The van der Waals surface area contributed by atoms with Gasteiger partial charge in [0.25, 0.3) is 0 Å². The van der Waals surface area contributed by atoms with Gasteiger partial charge in [-0.25, -0.2) is 0 Å². The summed E-state index contributed by atoms with van der Waals surface area (Å²) in [4.78, 5) is 10.3. The summed E-state index contributed by atoms with van der Waals surface area (Å²) in [5.74, 6) is -0.735. The number of hydrogen-bond donors (Lipinski definition) is 2. The fourth-order valence-corrected chi connectivity index (χ4v) is 1.50. The first kappa shape index (κ1) is 17.6. The third-order valence-electron chi connectivity index (χ3n) is 2.59. The van der Waals surface area contributed by atoms with Crippen LogP contribution in [0.5, 0.6) is 0 Å². The fourth-order valence-electron chi connectivity index (χ4n) is 1.50. The van der Waals surface area contributed by atoms with E-state index in [4.69, 9.17) is 5.11 Å². The molecular formula is C16H26O3. The highest BCUT2D eigenvalue weighted by Gasteiger charge is 1.95. The number of aliphatic carboxylic acids is 1. The van der Waals surface area contributed by atoms with Crippen molar-refractivity contribution in [3.05, 3.63) is 36.5 Å². The van der Waals surface area contributed by atoms with Crippen molar-refractivity contribution in [2.24, 2.45) is 0 Å². The Morgan fingerprint density at radius 1 is 1.11 bits per heavy atom. The van der Waals surface area contributed by atoms with E-state index >= 15 is 0 Å². The van der Waals surface area contributed by atoms with Gasteiger partial charge in [0.05, 0.1) is 6.10 Å². The zero-order valence-corrected chi connectivity index (χ0v) is 11.8. The molecule has 0 aliphatic heterocycles. The highest BCUT2D eigenvalue weighted by molar-refractivity contribution is 5.66. The number of aliphatic hydroxyl groups excluding tert-OH is 1. The molecule has 108 valence electrons. The lowest BCUT2D eigenvalue weighted by Crippen LogP contribution is -1.98. The van der Waals surface area contributed by atoms with Crippen LogP contribution in [-0.4, -0.2) is 22.3 Å². The Morgan fingerprint density at radius 2 is 1.89 bits per heavy atom. The van der Waals surface area contributed by atoms with E-state index in [9.17, 15) is 9.90 Å². The molecule has 0 radical (unpaired) electrons. The van der Waals surface area contributed by atoms with Crippen molar-refractivity contribution < 1.29 is 15.0 Å². The normalized spacial score (nSPS) is 13.8. The monoisotopic (exact) mass is 266 g/mol. The maximum absolute atomic E-state index is 10.3. The molecule has 0 aromatic heterocycles. The van der Waals surface area contributed by atoms with E-state index in [1.807, 2.05) is 24.3 Å². The molecule has 3 heteroatoms. The number of carboxylic acid groups (broad SMARTS) is 1. The number of unbranched alkanes of at least 4 members (excludes halogenated alkanes) is 3. The second-order valence-electron chi connectivity index (χ2n) is 4.52. The Morgan fingerprint density at radius 3 is 2.58 bits per heavy atom. The van der Waals surface area contributed by atoms with E-state index in [2.05, 4.69) is 13.0 Å². The quantitative estimate of drug-likeness (QED) is 0.339. The summed E-state index contributed by atoms with van der Waals surface area (Å²) in [5.41, 5.74) is 0. The highest BCUT2D eigenvalue weighted by Crippen LogP contribution is 2.03. The molecule has 0 unspecified atom stereocenters. The highest BCUT2D eigenvalue weighted by atomic mass is 16.4. The third kappa shape index (κ3) is 14.6. The predicted molar refractivity (Wildman–Crippen MR) is 79.1 cm³/mol. The van der Waals surface area contributed by atoms with Gasteiger partial charge in [-0.05, 0) is 32.1 Å².